The number of nitrogens with one attached hydrogen (secondary N) is 2. The molecule has 0 bridgehead atoms. The Morgan fingerprint density at radius 2 is 1.91 bits per heavy atom. The summed E-state index contributed by atoms with van der Waals surface area (Å²) in [5, 5.41) is 6.05. The number of carbonyl (C=O) groups excluding carboxylic acids is 1. The Labute approximate surface area is 131 Å². The van der Waals surface area contributed by atoms with Crippen molar-refractivity contribution in [3.63, 3.8) is 0 Å². The standard InChI is InChI=1S/C18H23N3O/c1-13(8-9-14-6-4-3-5-7-14)21-17-11-10-15(19)12-16(17)18(22)20-2/h3-7,10-13,21H,8-9,19H2,1-2H3,(H,20,22)/t13-/m1/s1. The highest BCUT2D eigenvalue weighted by molar-refractivity contribution is 6.00. The monoisotopic (exact) mass is 297 g/mol. The van der Waals surface area contributed by atoms with Gasteiger partial charge in [-0.3, -0.25) is 4.79 Å². The molecule has 2 rings (SSSR count). The van der Waals surface area contributed by atoms with E-state index in [1.807, 2.05) is 12.1 Å². The van der Waals surface area contributed by atoms with Crippen molar-refractivity contribution >= 4 is 17.3 Å². The fourth-order valence-corrected chi connectivity index (χ4v) is 2.38. The van der Waals surface area contributed by atoms with Crippen LogP contribution in [0.25, 0.3) is 0 Å². The summed E-state index contributed by atoms with van der Waals surface area (Å²) in [6.45, 7) is 2.12. The fraction of sp³-hybridized carbons (Fsp3) is 0.278. The third-order valence-electron chi connectivity index (χ3n) is 3.63. The van der Waals surface area contributed by atoms with Gasteiger partial charge in [-0.1, -0.05) is 30.3 Å². The number of nitrogens with two attached hydrogens (primary N) is 1. The molecule has 0 fully saturated rings. The van der Waals surface area contributed by atoms with Gasteiger partial charge in [-0.2, -0.15) is 0 Å². The second-order valence-electron chi connectivity index (χ2n) is 5.45. The van der Waals surface area contributed by atoms with Gasteiger partial charge in [0.15, 0.2) is 0 Å². The van der Waals surface area contributed by atoms with E-state index in [0.717, 1.165) is 18.5 Å². The molecule has 116 valence electrons. The van der Waals surface area contributed by atoms with E-state index in [1.54, 1.807) is 19.2 Å². The molecule has 1 atom stereocenters. The number of anilines is 2. The predicted octanol–water partition coefficient (Wildman–Crippen LogP) is 3.06. The van der Waals surface area contributed by atoms with Gasteiger partial charge in [-0.05, 0) is 43.5 Å². The normalized spacial score (nSPS) is 11.7. The first-order valence-electron chi connectivity index (χ1n) is 7.52. The van der Waals surface area contributed by atoms with Gasteiger partial charge >= 0.3 is 0 Å². The maximum Gasteiger partial charge on any atom is 0.253 e. The summed E-state index contributed by atoms with van der Waals surface area (Å²) in [7, 11) is 1.62. The summed E-state index contributed by atoms with van der Waals surface area (Å²) in [5.41, 5.74) is 9.07. The molecule has 0 aliphatic carbocycles. The van der Waals surface area contributed by atoms with Gasteiger partial charge in [0.25, 0.3) is 5.91 Å². The van der Waals surface area contributed by atoms with E-state index in [-0.39, 0.29) is 11.9 Å². The number of amides is 1. The first-order chi connectivity index (χ1) is 10.6. The largest absolute Gasteiger partial charge is 0.399 e. The average molecular weight is 297 g/mol. The Kier molecular flexibility index (Phi) is 5.42. The lowest BCUT2D eigenvalue weighted by molar-refractivity contribution is 0.0964. The van der Waals surface area contributed by atoms with Crippen LogP contribution in [0, 0.1) is 0 Å². The van der Waals surface area contributed by atoms with Crippen molar-refractivity contribution in [2.45, 2.75) is 25.8 Å². The summed E-state index contributed by atoms with van der Waals surface area (Å²) in [5.74, 6) is -0.134. The van der Waals surface area contributed by atoms with E-state index < -0.39 is 0 Å². The Morgan fingerprint density at radius 1 is 1.18 bits per heavy atom. The molecule has 0 aliphatic rings. The summed E-state index contributed by atoms with van der Waals surface area (Å²) in [4.78, 5) is 11.9. The summed E-state index contributed by atoms with van der Waals surface area (Å²) >= 11 is 0. The molecule has 4 N–H and O–H groups in total. The smallest absolute Gasteiger partial charge is 0.253 e. The predicted molar refractivity (Wildman–Crippen MR) is 92.1 cm³/mol. The maximum atomic E-state index is 11.9. The highest BCUT2D eigenvalue weighted by Crippen LogP contribution is 2.20. The number of hydrogen-bond donors (Lipinski definition) is 3. The quantitative estimate of drug-likeness (QED) is 0.718. The van der Waals surface area contributed by atoms with E-state index >= 15 is 0 Å². The molecular weight excluding hydrogens is 274 g/mol. The number of aryl methyl sites for hydroxylation is 1. The zero-order valence-corrected chi connectivity index (χ0v) is 13.1. The zero-order valence-electron chi connectivity index (χ0n) is 13.1. The lowest BCUT2D eigenvalue weighted by Crippen LogP contribution is -2.23. The first-order valence-corrected chi connectivity index (χ1v) is 7.52. The third-order valence-corrected chi connectivity index (χ3v) is 3.63. The van der Waals surface area contributed by atoms with Gasteiger partial charge in [-0.15, -0.1) is 0 Å². The van der Waals surface area contributed by atoms with Crippen LogP contribution in [0.4, 0.5) is 11.4 Å². The van der Waals surface area contributed by atoms with Gasteiger partial charge in [0, 0.05) is 24.5 Å². The molecule has 0 radical (unpaired) electrons. The molecule has 2 aromatic rings. The van der Waals surface area contributed by atoms with Gasteiger partial charge in [0.2, 0.25) is 0 Å². The molecule has 0 saturated heterocycles. The molecule has 0 spiro atoms. The molecule has 0 unspecified atom stereocenters. The number of carbonyl (C=O) groups is 1. The van der Waals surface area contributed by atoms with Crippen molar-refractivity contribution < 1.29 is 4.79 Å². The van der Waals surface area contributed by atoms with Gasteiger partial charge in [0.1, 0.15) is 0 Å². The van der Waals surface area contributed by atoms with Crippen molar-refractivity contribution in [3.05, 3.63) is 59.7 Å². The van der Waals surface area contributed by atoms with Gasteiger partial charge in [-0.25, -0.2) is 0 Å². The number of nitrogen functional groups attached to an aromatic ring is 1. The molecule has 22 heavy (non-hydrogen) atoms. The summed E-state index contributed by atoms with van der Waals surface area (Å²) in [6, 6.07) is 16.0. The van der Waals surface area contributed by atoms with E-state index in [0.29, 0.717) is 11.3 Å². The van der Waals surface area contributed by atoms with Crippen LogP contribution in [-0.2, 0) is 6.42 Å². The summed E-state index contributed by atoms with van der Waals surface area (Å²) < 4.78 is 0. The molecule has 0 saturated carbocycles. The Morgan fingerprint density at radius 3 is 2.59 bits per heavy atom. The van der Waals surface area contributed by atoms with Crippen molar-refractivity contribution in [1.29, 1.82) is 0 Å². The van der Waals surface area contributed by atoms with Crippen molar-refractivity contribution in [2.24, 2.45) is 0 Å². The van der Waals surface area contributed by atoms with E-state index in [2.05, 4.69) is 41.8 Å². The minimum absolute atomic E-state index is 0.134. The lowest BCUT2D eigenvalue weighted by atomic mass is 10.0. The molecule has 4 heteroatoms. The molecule has 0 aliphatic heterocycles. The fourth-order valence-electron chi connectivity index (χ4n) is 2.38. The maximum absolute atomic E-state index is 11.9. The highest BCUT2D eigenvalue weighted by atomic mass is 16.1. The van der Waals surface area contributed by atoms with Crippen LogP contribution in [-0.4, -0.2) is 19.0 Å². The molecule has 1 amide bonds. The van der Waals surface area contributed by atoms with Crippen LogP contribution < -0.4 is 16.4 Å². The van der Waals surface area contributed by atoms with Crippen LogP contribution in [0.5, 0.6) is 0 Å². The summed E-state index contributed by atoms with van der Waals surface area (Å²) in [6.07, 6.45) is 1.99. The van der Waals surface area contributed by atoms with Crippen molar-refractivity contribution in [3.8, 4) is 0 Å². The number of rotatable bonds is 6. The second-order valence-corrected chi connectivity index (χ2v) is 5.45. The van der Waals surface area contributed by atoms with E-state index in [1.165, 1.54) is 5.56 Å². The average Bonchev–Trinajstić information content (AvgIpc) is 2.55. The third kappa shape index (κ3) is 4.25. The van der Waals surface area contributed by atoms with Crippen molar-refractivity contribution in [2.75, 3.05) is 18.1 Å². The number of benzene rings is 2. The topological polar surface area (TPSA) is 67.2 Å². The van der Waals surface area contributed by atoms with Crippen LogP contribution in [0.1, 0.15) is 29.3 Å². The lowest BCUT2D eigenvalue weighted by Gasteiger charge is -2.18. The van der Waals surface area contributed by atoms with Crippen molar-refractivity contribution in [1.82, 2.24) is 5.32 Å². The zero-order chi connectivity index (χ0) is 15.9. The van der Waals surface area contributed by atoms with Crippen LogP contribution in [0.2, 0.25) is 0 Å². The Bertz CT molecular complexity index is 625. The van der Waals surface area contributed by atoms with Gasteiger partial charge in [0.05, 0.1) is 5.56 Å². The van der Waals surface area contributed by atoms with Crippen LogP contribution in [0.15, 0.2) is 48.5 Å². The molecule has 0 aromatic heterocycles. The van der Waals surface area contributed by atoms with Gasteiger partial charge < -0.3 is 16.4 Å². The SMILES string of the molecule is CNC(=O)c1cc(N)ccc1N[C@H](C)CCc1ccccc1. The molecule has 2 aromatic carbocycles. The minimum atomic E-state index is -0.134. The molecule has 0 heterocycles. The molecule has 4 nitrogen and oxygen atoms in total. The number of hydrogen-bond acceptors (Lipinski definition) is 3. The van der Waals surface area contributed by atoms with Crippen LogP contribution >= 0.6 is 0 Å². The minimum Gasteiger partial charge on any atom is -0.399 e. The van der Waals surface area contributed by atoms with E-state index in [4.69, 9.17) is 5.73 Å². The Balaban J connectivity index is 2.02. The van der Waals surface area contributed by atoms with Crippen LogP contribution in [0.3, 0.4) is 0 Å². The second kappa shape index (κ2) is 7.50. The first kappa shape index (κ1) is 15.9. The Hall–Kier alpha value is -2.49. The van der Waals surface area contributed by atoms with E-state index in [9.17, 15) is 4.79 Å². The molecular formula is C18H23N3O. The highest BCUT2D eigenvalue weighted by Gasteiger charge is 2.12.